The van der Waals surface area contributed by atoms with Crippen LogP contribution in [0.3, 0.4) is 0 Å². The second kappa shape index (κ2) is 7.22. The van der Waals surface area contributed by atoms with Gasteiger partial charge in [-0.2, -0.15) is 0 Å². The summed E-state index contributed by atoms with van der Waals surface area (Å²) in [4.78, 5) is 13.4. The first-order valence-corrected chi connectivity index (χ1v) is 7.38. The number of carbonyl (C=O) groups is 1. The Kier molecular flexibility index (Phi) is 5.60. The molecule has 2 fully saturated rings. The van der Waals surface area contributed by atoms with Crippen molar-refractivity contribution in [3.05, 3.63) is 0 Å². The average Bonchev–Trinajstić information content (AvgIpc) is 3.05. The summed E-state index contributed by atoms with van der Waals surface area (Å²) >= 11 is 0. The molecule has 2 heterocycles. The highest BCUT2D eigenvalue weighted by atomic mass is 16.5. The molecule has 110 valence electrons. The highest BCUT2D eigenvalue weighted by molar-refractivity contribution is 5.71. The molecule has 0 aliphatic carbocycles. The van der Waals surface area contributed by atoms with Crippen molar-refractivity contribution in [2.75, 3.05) is 32.9 Å². The van der Waals surface area contributed by atoms with E-state index in [9.17, 15) is 9.90 Å². The summed E-state index contributed by atoms with van der Waals surface area (Å²) in [6, 6.07) is 0.0343. The third kappa shape index (κ3) is 3.91. The van der Waals surface area contributed by atoms with Crippen molar-refractivity contribution in [3.63, 3.8) is 0 Å². The van der Waals surface area contributed by atoms with Crippen molar-refractivity contribution in [3.8, 4) is 0 Å². The Hall–Kier alpha value is -0.650. The molecule has 5 nitrogen and oxygen atoms in total. The molecule has 2 saturated heterocycles. The summed E-state index contributed by atoms with van der Waals surface area (Å²) < 4.78 is 11.0. The number of hydrogen-bond donors (Lipinski definition) is 1. The number of ether oxygens (including phenoxy) is 2. The number of likely N-dealkylation sites (N-methyl/N-ethyl adjacent to an activating group) is 1. The number of rotatable bonds is 7. The van der Waals surface area contributed by atoms with Crippen LogP contribution in [0.2, 0.25) is 0 Å². The van der Waals surface area contributed by atoms with Crippen molar-refractivity contribution < 1.29 is 19.4 Å². The highest BCUT2D eigenvalue weighted by Crippen LogP contribution is 2.22. The number of carboxylic acids is 1. The number of hydrogen-bond acceptors (Lipinski definition) is 4. The molecule has 0 aromatic heterocycles. The maximum absolute atomic E-state index is 11.2. The third-order valence-electron chi connectivity index (χ3n) is 4.24. The molecule has 0 radical (unpaired) electrons. The molecule has 5 heteroatoms. The number of nitrogens with zero attached hydrogens (tertiary/aromatic N) is 1. The Morgan fingerprint density at radius 2 is 2.26 bits per heavy atom. The normalized spacial score (nSPS) is 31.2. The van der Waals surface area contributed by atoms with Crippen LogP contribution < -0.4 is 0 Å². The lowest BCUT2D eigenvalue weighted by atomic mass is 10.0. The van der Waals surface area contributed by atoms with E-state index in [0.717, 1.165) is 32.5 Å². The van der Waals surface area contributed by atoms with Gasteiger partial charge < -0.3 is 14.6 Å². The minimum Gasteiger partial charge on any atom is -0.481 e. The fourth-order valence-corrected chi connectivity index (χ4v) is 3.09. The molecule has 0 spiro atoms. The van der Waals surface area contributed by atoms with Crippen molar-refractivity contribution in [2.45, 2.75) is 44.8 Å². The number of carboxylic acid groups (broad SMARTS) is 1. The predicted molar refractivity (Wildman–Crippen MR) is 71.2 cm³/mol. The molecule has 3 atom stereocenters. The lowest BCUT2D eigenvalue weighted by Crippen LogP contribution is -2.43. The second-order valence-corrected chi connectivity index (χ2v) is 5.46. The van der Waals surface area contributed by atoms with Gasteiger partial charge in [0.2, 0.25) is 0 Å². The Morgan fingerprint density at radius 1 is 1.42 bits per heavy atom. The average molecular weight is 271 g/mol. The van der Waals surface area contributed by atoms with Gasteiger partial charge in [0.25, 0.3) is 0 Å². The summed E-state index contributed by atoms with van der Waals surface area (Å²) in [5, 5.41) is 9.20. The Labute approximate surface area is 114 Å². The first kappa shape index (κ1) is 14.8. The summed E-state index contributed by atoms with van der Waals surface area (Å²) in [6.45, 7) is 5.70. The Bertz CT molecular complexity index is 291. The van der Waals surface area contributed by atoms with E-state index in [4.69, 9.17) is 9.47 Å². The molecule has 2 aliphatic rings. The van der Waals surface area contributed by atoms with Crippen LogP contribution in [0.25, 0.3) is 0 Å². The summed E-state index contributed by atoms with van der Waals surface area (Å²) in [7, 11) is 0. The van der Waals surface area contributed by atoms with Crippen LogP contribution in [0, 0.1) is 5.92 Å². The van der Waals surface area contributed by atoms with E-state index in [-0.39, 0.29) is 12.0 Å². The van der Waals surface area contributed by atoms with E-state index < -0.39 is 5.97 Å². The molecule has 19 heavy (non-hydrogen) atoms. The lowest BCUT2D eigenvalue weighted by molar-refractivity contribution is -0.143. The second-order valence-electron chi connectivity index (χ2n) is 5.46. The van der Waals surface area contributed by atoms with Crippen LogP contribution in [-0.2, 0) is 14.3 Å². The molecule has 2 rings (SSSR count). The fraction of sp³-hybridized carbons (Fsp3) is 0.929. The van der Waals surface area contributed by atoms with E-state index in [2.05, 4.69) is 11.8 Å². The van der Waals surface area contributed by atoms with Gasteiger partial charge in [-0.1, -0.05) is 6.92 Å². The SMILES string of the molecule is CCN(CCCC1CCCO1)C1COCC1C(=O)O. The topological polar surface area (TPSA) is 59.0 Å². The van der Waals surface area contributed by atoms with Gasteiger partial charge in [-0.25, -0.2) is 0 Å². The minimum atomic E-state index is -0.736. The summed E-state index contributed by atoms with van der Waals surface area (Å²) in [5.41, 5.74) is 0. The third-order valence-corrected chi connectivity index (χ3v) is 4.24. The fourth-order valence-electron chi connectivity index (χ4n) is 3.09. The van der Waals surface area contributed by atoms with E-state index in [1.165, 1.54) is 12.8 Å². The van der Waals surface area contributed by atoms with Gasteiger partial charge in [0, 0.05) is 12.6 Å². The van der Waals surface area contributed by atoms with E-state index in [1.807, 2.05) is 0 Å². The number of aliphatic carboxylic acids is 1. The van der Waals surface area contributed by atoms with Gasteiger partial charge in [0.05, 0.1) is 25.2 Å². The van der Waals surface area contributed by atoms with Crippen LogP contribution in [-0.4, -0.2) is 61.0 Å². The van der Waals surface area contributed by atoms with Crippen LogP contribution in [0.4, 0.5) is 0 Å². The van der Waals surface area contributed by atoms with Crippen molar-refractivity contribution in [1.82, 2.24) is 4.90 Å². The molecular weight excluding hydrogens is 246 g/mol. The van der Waals surface area contributed by atoms with Gasteiger partial charge in [-0.05, 0) is 38.8 Å². The lowest BCUT2D eigenvalue weighted by Gasteiger charge is -2.29. The predicted octanol–water partition coefficient (Wildman–Crippen LogP) is 1.37. The zero-order valence-electron chi connectivity index (χ0n) is 11.7. The van der Waals surface area contributed by atoms with Gasteiger partial charge in [0.1, 0.15) is 0 Å². The van der Waals surface area contributed by atoms with Crippen LogP contribution >= 0.6 is 0 Å². The zero-order chi connectivity index (χ0) is 13.7. The van der Waals surface area contributed by atoms with Crippen LogP contribution in [0.15, 0.2) is 0 Å². The first-order chi connectivity index (χ1) is 9.22. The van der Waals surface area contributed by atoms with E-state index in [0.29, 0.717) is 19.3 Å². The minimum absolute atomic E-state index is 0.0343. The smallest absolute Gasteiger partial charge is 0.310 e. The Balaban J connectivity index is 1.76. The molecule has 0 bridgehead atoms. The summed E-state index contributed by atoms with van der Waals surface area (Å²) in [6.07, 6.45) is 4.94. The maximum atomic E-state index is 11.2. The molecule has 0 aromatic carbocycles. The van der Waals surface area contributed by atoms with Crippen molar-refractivity contribution in [2.24, 2.45) is 5.92 Å². The van der Waals surface area contributed by atoms with Crippen LogP contribution in [0.5, 0.6) is 0 Å². The molecule has 2 aliphatic heterocycles. The van der Waals surface area contributed by atoms with E-state index >= 15 is 0 Å². The van der Waals surface area contributed by atoms with Gasteiger partial charge >= 0.3 is 5.97 Å². The van der Waals surface area contributed by atoms with Crippen molar-refractivity contribution >= 4 is 5.97 Å². The Morgan fingerprint density at radius 3 is 2.89 bits per heavy atom. The molecule has 3 unspecified atom stereocenters. The molecule has 0 amide bonds. The van der Waals surface area contributed by atoms with Crippen molar-refractivity contribution in [1.29, 1.82) is 0 Å². The maximum Gasteiger partial charge on any atom is 0.310 e. The van der Waals surface area contributed by atoms with E-state index in [1.54, 1.807) is 0 Å². The quantitative estimate of drug-likeness (QED) is 0.758. The van der Waals surface area contributed by atoms with Gasteiger partial charge in [-0.15, -0.1) is 0 Å². The molecule has 0 aromatic rings. The van der Waals surface area contributed by atoms with Gasteiger partial charge in [0.15, 0.2) is 0 Å². The highest BCUT2D eigenvalue weighted by Gasteiger charge is 2.37. The monoisotopic (exact) mass is 271 g/mol. The van der Waals surface area contributed by atoms with Crippen LogP contribution in [0.1, 0.15) is 32.6 Å². The first-order valence-electron chi connectivity index (χ1n) is 7.38. The summed E-state index contributed by atoms with van der Waals surface area (Å²) in [5.74, 6) is -1.11. The largest absolute Gasteiger partial charge is 0.481 e. The standard InChI is InChI=1S/C14H25NO4/c1-2-15(7-3-5-11-6-4-8-19-11)13-10-18-9-12(13)14(16)17/h11-13H,2-10H2,1H3,(H,16,17). The van der Waals surface area contributed by atoms with Gasteiger partial charge in [-0.3, -0.25) is 9.69 Å². The molecule has 0 saturated carbocycles. The zero-order valence-corrected chi connectivity index (χ0v) is 11.7. The molecule has 1 N–H and O–H groups in total. The molecular formula is C14H25NO4.